The summed E-state index contributed by atoms with van der Waals surface area (Å²) in [4.78, 5) is 11.1. The topological polar surface area (TPSA) is 80.9 Å². The zero-order valence-electron chi connectivity index (χ0n) is 12.2. The first-order chi connectivity index (χ1) is 10.1. The Balaban J connectivity index is 2.03. The Kier molecular flexibility index (Phi) is 3.45. The Morgan fingerprint density at radius 2 is 2.19 bits per heavy atom. The van der Waals surface area contributed by atoms with E-state index >= 15 is 0 Å². The summed E-state index contributed by atoms with van der Waals surface area (Å²) in [5, 5.41) is 21.1. The maximum atomic E-state index is 11.1. The predicted molar refractivity (Wildman–Crippen MR) is 76.7 cm³/mol. The number of hydrogen-bond acceptors (Lipinski definition) is 4. The molecule has 1 aliphatic rings. The molecule has 1 aromatic heterocycles. The maximum Gasteiger partial charge on any atom is 0.305 e. The maximum absolute atomic E-state index is 11.1. The van der Waals surface area contributed by atoms with Gasteiger partial charge in [0, 0.05) is 5.56 Å². The molecule has 0 amide bonds. The number of hydrogen-bond donors (Lipinski definition) is 1. The molecule has 1 fully saturated rings. The van der Waals surface area contributed by atoms with Gasteiger partial charge in [-0.1, -0.05) is 18.2 Å². The summed E-state index contributed by atoms with van der Waals surface area (Å²) in [5.41, 5.74) is 3.26. The highest BCUT2D eigenvalue weighted by atomic mass is 16.4. The second kappa shape index (κ2) is 5.27. The van der Waals surface area contributed by atoms with Gasteiger partial charge in [0.05, 0.1) is 12.5 Å². The molecule has 0 aliphatic heterocycles. The molecule has 21 heavy (non-hydrogen) atoms. The molecule has 0 saturated heterocycles. The SMILES string of the molecule is Cc1cccc(-c2nnnn2C(CC(=O)O)C2CC2)c1C. The van der Waals surface area contributed by atoms with Crippen molar-refractivity contribution in [2.75, 3.05) is 0 Å². The van der Waals surface area contributed by atoms with Crippen molar-refractivity contribution in [2.24, 2.45) is 5.92 Å². The molecule has 0 bridgehead atoms. The molecule has 6 heteroatoms. The van der Waals surface area contributed by atoms with Crippen molar-refractivity contribution in [2.45, 2.75) is 39.2 Å². The lowest BCUT2D eigenvalue weighted by Gasteiger charge is -2.17. The lowest BCUT2D eigenvalue weighted by Crippen LogP contribution is -2.18. The number of nitrogens with zero attached hydrogens (tertiary/aromatic N) is 4. The Morgan fingerprint density at radius 3 is 2.86 bits per heavy atom. The predicted octanol–water partition coefficient (Wildman–Crippen LogP) is 2.38. The van der Waals surface area contributed by atoms with Crippen molar-refractivity contribution in [1.82, 2.24) is 20.2 Å². The molecule has 2 aromatic rings. The van der Waals surface area contributed by atoms with E-state index in [9.17, 15) is 4.79 Å². The third-order valence-electron chi connectivity index (χ3n) is 4.20. The fraction of sp³-hybridized carbons (Fsp3) is 0.467. The fourth-order valence-electron chi connectivity index (χ4n) is 2.70. The largest absolute Gasteiger partial charge is 0.481 e. The van der Waals surface area contributed by atoms with Crippen LogP contribution in [0.3, 0.4) is 0 Å². The summed E-state index contributed by atoms with van der Waals surface area (Å²) in [6.07, 6.45) is 2.15. The van der Waals surface area contributed by atoms with E-state index in [0.717, 1.165) is 24.0 Å². The second-order valence-corrected chi connectivity index (χ2v) is 5.70. The average molecular weight is 286 g/mol. The van der Waals surface area contributed by atoms with Gasteiger partial charge in [0.25, 0.3) is 0 Å². The fourth-order valence-corrected chi connectivity index (χ4v) is 2.70. The van der Waals surface area contributed by atoms with Crippen molar-refractivity contribution in [1.29, 1.82) is 0 Å². The van der Waals surface area contributed by atoms with Crippen molar-refractivity contribution < 1.29 is 9.90 Å². The van der Waals surface area contributed by atoms with Crippen LogP contribution in [0.5, 0.6) is 0 Å². The Labute approximate surface area is 122 Å². The average Bonchev–Trinajstić information content (AvgIpc) is 3.17. The number of carbonyl (C=O) groups is 1. The number of rotatable bonds is 5. The number of benzene rings is 1. The summed E-state index contributed by atoms with van der Waals surface area (Å²) in [6.45, 7) is 4.08. The minimum absolute atomic E-state index is 0.0631. The van der Waals surface area contributed by atoms with Crippen LogP contribution in [0.4, 0.5) is 0 Å². The van der Waals surface area contributed by atoms with Gasteiger partial charge in [-0.25, -0.2) is 4.68 Å². The van der Waals surface area contributed by atoms with Crippen LogP contribution in [0.1, 0.15) is 36.4 Å². The number of aliphatic carboxylic acids is 1. The molecule has 3 rings (SSSR count). The molecule has 1 atom stereocenters. The van der Waals surface area contributed by atoms with Gasteiger partial charge in [0.15, 0.2) is 5.82 Å². The molecular formula is C15H18N4O2. The highest BCUT2D eigenvalue weighted by Crippen LogP contribution is 2.42. The van der Waals surface area contributed by atoms with Gasteiger partial charge in [-0.05, 0) is 54.2 Å². The van der Waals surface area contributed by atoms with E-state index in [-0.39, 0.29) is 12.5 Å². The standard InChI is InChI=1S/C15H18N4O2/c1-9-4-3-5-12(10(9)2)15-16-17-18-19(15)13(8-14(20)21)11-6-7-11/h3-5,11,13H,6-8H2,1-2H3,(H,20,21). The third-order valence-corrected chi connectivity index (χ3v) is 4.20. The molecule has 110 valence electrons. The van der Waals surface area contributed by atoms with E-state index in [1.54, 1.807) is 4.68 Å². The smallest absolute Gasteiger partial charge is 0.305 e. The van der Waals surface area contributed by atoms with E-state index in [0.29, 0.717) is 11.7 Å². The van der Waals surface area contributed by atoms with E-state index in [2.05, 4.69) is 15.5 Å². The molecule has 1 N–H and O–H groups in total. The molecule has 1 saturated carbocycles. The van der Waals surface area contributed by atoms with Crippen LogP contribution in [0, 0.1) is 19.8 Å². The lowest BCUT2D eigenvalue weighted by atomic mass is 10.0. The monoisotopic (exact) mass is 286 g/mol. The quantitative estimate of drug-likeness (QED) is 0.912. The van der Waals surface area contributed by atoms with Crippen LogP contribution in [-0.2, 0) is 4.79 Å². The van der Waals surface area contributed by atoms with Gasteiger partial charge in [0.2, 0.25) is 0 Å². The molecular weight excluding hydrogens is 268 g/mol. The van der Waals surface area contributed by atoms with Crippen molar-refractivity contribution >= 4 is 5.97 Å². The Hall–Kier alpha value is -2.24. The van der Waals surface area contributed by atoms with Gasteiger partial charge in [-0.3, -0.25) is 4.79 Å². The first-order valence-corrected chi connectivity index (χ1v) is 7.14. The number of tetrazole rings is 1. The molecule has 1 unspecified atom stereocenters. The first kappa shape index (κ1) is 13.7. The summed E-state index contributed by atoms with van der Waals surface area (Å²) >= 11 is 0. The zero-order valence-corrected chi connectivity index (χ0v) is 12.2. The molecule has 0 spiro atoms. The van der Waals surface area contributed by atoms with Gasteiger partial charge in [-0.2, -0.15) is 0 Å². The molecule has 1 heterocycles. The summed E-state index contributed by atoms with van der Waals surface area (Å²) in [5.74, 6) is 0.220. The Morgan fingerprint density at radius 1 is 1.43 bits per heavy atom. The lowest BCUT2D eigenvalue weighted by molar-refractivity contribution is -0.138. The third kappa shape index (κ3) is 2.66. The summed E-state index contributed by atoms with van der Waals surface area (Å²) < 4.78 is 1.70. The number of aryl methyl sites for hydroxylation is 1. The van der Waals surface area contributed by atoms with Crippen LogP contribution in [0.15, 0.2) is 18.2 Å². The van der Waals surface area contributed by atoms with Crippen LogP contribution >= 0.6 is 0 Å². The van der Waals surface area contributed by atoms with Crippen molar-refractivity contribution in [3.63, 3.8) is 0 Å². The number of carboxylic acid groups (broad SMARTS) is 1. The van der Waals surface area contributed by atoms with E-state index in [1.807, 2.05) is 32.0 Å². The highest BCUT2D eigenvalue weighted by Gasteiger charge is 2.36. The zero-order chi connectivity index (χ0) is 15.0. The second-order valence-electron chi connectivity index (χ2n) is 5.70. The first-order valence-electron chi connectivity index (χ1n) is 7.14. The minimum atomic E-state index is -0.811. The minimum Gasteiger partial charge on any atom is -0.481 e. The van der Waals surface area contributed by atoms with Gasteiger partial charge < -0.3 is 5.11 Å². The van der Waals surface area contributed by atoms with E-state index in [1.165, 1.54) is 5.56 Å². The molecule has 1 aromatic carbocycles. The normalized spacial score (nSPS) is 15.9. The summed E-state index contributed by atoms with van der Waals surface area (Å²) in [7, 11) is 0. The van der Waals surface area contributed by atoms with Crippen LogP contribution in [-0.4, -0.2) is 31.3 Å². The number of aromatic nitrogens is 4. The molecule has 6 nitrogen and oxygen atoms in total. The van der Waals surface area contributed by atoms with Crippen LogP contribution in [0.2, 0.25) is 0 Å². The van der Waals surface area contributed by atoms with Crippen molar-refractivity contribution in [3.05, 3.63) is 29.3 Å². The van der Waals surface area contributed by atoms with Gasteiger partial charge in [-0.15, -0.1) is 5.10 Å². The van der Waals surface area contributed by atoms with E-state index in [4.69, 9.17) is 5.11 Å². The van der Waals surface area contributed by atoms with Crippen molar-refractivity contribution in [3.8, 4) is 11.4 Å². The van der Waals surface area contributed by atoms with Crippen LogP contribution < -0.4 is 0 Å². The molecule has 1 aliphatic carbocycles. The van der Waals surface area contributed by atoms with Crippen LogP contribution in [0.25, 0.3) is 11.4 Å². The van der Waals surface area contributed by atoms with E-state index < -0.39 is 5.97 Å². The highest BCUT2D eigenvalue weighted by molar-refractivity contribution is 5.68. The molecule has 0 radical (unpaired) electrons. The summed E-state index contributed by atoms with van der Waals surface area (Å²) in [6, 6.07) is 5.84. The van der Waals surface area contributed by atoms with Gasteiger partial charge >= 0.3 is 5.97 Å². The van der Waals surface area contributed by atoms with Gasteiger partial charge in [0.1, 0.15) is 0 Å². The Bertz CT molecular complexity index is 676. The number of carboxylic acids is 1.